The van der Waals surface area contributed by atoms with Crippen molar-refractivity contribution in [2.75, 3.05) is 23.7 Å². The van der Waals surface area contributed by atoms with E-state index in [9.17, 15) is 0 Å². The van der Waals surface area contributed by atoms with Crippen molar-refractivity contribution in [3.05, 3.63) is 17.6 Å². The molecule has 90 valence electrons. The fourth-order valence-electron chi connectivity index (χ4n) is 2.63. The average molecular weight is 247 g/mol. The smallest absolute Gasteiger partial charge is 0.106 e. The number of nitrogens with zero attached hydrogens (tertiary/aromatic N) is 2. The van der Waals surface area contributed by atoms with Gasteiger partial charge in [-0.05, 0) is 30.9 Å². The lowest BCUT2D eigenvalue weighted by molar-refractivity contribution is 0.447. The molecule has 0 saturated carbocycles. The van der Waals surface area contributed by atoms with Gasteiger partial charge in [-0.15, -0.1) is 11.3 Å². The zero-order chi connectivity index (χ0) is 11.8. The molecule has 0 amide bonds. The predicted octanol–water partition coefficient (Wildman–Crippen LogP) is 3.11. The SMILES string of the molecule is CC1CCCN(c2ccc3scnc3c2N)C1. The second kappa shape index (κ2) is 4.18. The van der Waals surface area contributed by atoms with Crippen molar-refractivity contribution in [2.45, 2.75) is 19.8 Å². The Morgan fingerprint density at radius 1 is 1.47 bits per heavy atom. The monoisotopic (exact) mass is 247 g/mol. The van der Waals surface area contributed by atoms with E-state index in [4.69, 9.17) is 5.73 Å². The number of benzene rings is 1. The van der Waals surface area contributed by atoms with Crippen molar-refractivity contribution in [1.82, 2.24) is 4.98 Å². The minimum atomic E-state index is 0.759. The molecule has 4 heteroatoms. The van der Waals surface area contributed by atoms with Gasteiger partial charge in [0.25, 0.3) is 0 Å². The quantitative estimate of drug-likeness (QED) is 0.787. The molecule has 2 N–H and O–H groups in total. The molecule has 1 saturated heterocycles. The van der Waals surface area contributed by atoms with Crippen LogP contribution >= 0.6 is 11.3 Å². The van der Waals surface area contributed by atoms with Gasteiger partial charge in [0.05, 0.1) is 21.6 Å². The van der Waals surface area contributed by atoms with Gasteiger partial charge in [0, 0.05) is 13.1 Å². The molecule has 1 aromatic carbocycles. The van der Waals surface area contributed by atoms with E-state index < -0.39 is 0 Å². The largest absolute Gasteiger partial charge is 0.395 e. The number of rotatable bonds is 1. The van der Waals surface area contributed by atoms with Crippen LogP contribution in [0.15, 0.2) is 17.6 Å². The summed E-state index contributed by atoms with van der Waals surface area (Å²) >= 11 is 1.65. The molecule has 1 aromatic heterocycles. The van der Waals surface area contributed by atoms with Crippen LogP contribution in [0, 0.1) is 5.92 Å². The van der Waals surface area contributed by atoms with Gasteiger partial charge in [-0.25, -0.2) is 4.98 Å². The summed E-state index contributed by atoms with van der Waals surface area (Å²) in [7, 11) is 0. The summed E-state index contributed by atoms with van der Waals surface area (Å²) in [5.74, 6) is 0.759. The van der Waals surface area contributed by atoms with Gasteiger partial charge in [0.1, 0.15) is 5.52 Å². The molecule has 0 bridgehead atoms. The summed E-state index contributed by atoms with van der Waals surface area (Å²) in [4.78, 5) is 6.76. The zero-order valence-electron chi connectivity index (χ0n) is 10.0. The van der Waals surface area contributed by atoms with Gasteiger partial charge in [-0.1, -0.05) is 6.92 Å². The molecule has 1 aliphatic heterocycles. The molecule has 17 heavy (non-hydrogen) atoms. The number of piperidine rings is 1. The lowest BCUT2D eigenvalue weighted by atomic mass is 9.99. The molecule has 0 aliphatic carbocycles. The third-order valence-electron chi connectivity index (χ3n) is 3.52. The first-order chi connectivity index (χ1) is 8.25. The lowest BCUT2D eigenvalue weighted by Gasteiger charge is -2.33. The number of hydrogen-bond donors (Lipinski definition) is 1. The van der Waals surface area contributed by atoms with Crippen molar-refractivity contribution >= 4 is 32.9 Å². The fraction of sp³-hybridized carbons (Fsp3) is 0.462. The Morgan fingerprint density at radius 3 is 3.18 bits per heavy atom. The third-order valence-corrected chi connectivity index (χ3v) is 4.31. The van der Waals surface area contributed by atoms with E-state index >= 15 is 0 Å². The molecule has 1 unspecified atom stereocenters. The molecule has 3 nitrogen and oxygen atoms in total. The Labute approximate surface area is 105 Å². The van der Waals surface area contributed by atoms with Crippen LogP contribution in [0.2, 0.25) is 0 Å². The standard InChI is InChI=1S/C13H17N3S/c1-9-3-2-6-16(7-9)10-4-5-11-13(12(10)14)15-8-17-11/h4-5,8-9H,2-3,6-7,14H2,1H3. The Kier molecular flexibility index (Phi) is 2.67. The second-order valence-corrected chi connectivity index (χ2v) is 5.78. The number of nitrogens with two attached hydrogens (primary N) is 1. The average Bonchev–Trinajstić information content (AvgIpc) is 2.78. The first kappa shape index (κ1) is 10.8. The maximum atomic E-state index is 6.24. The topological polar surface area (TPSA) is 42.2 Å². The minimum absolute atomic E-state index is 0.759. The Hall–Kier alpha value is -1.29. The van der Waals surface area contributed by atoms with E-state index in [-0.39, 0.29) is 0 Å². The molecule has 1 atom stereocenters. The highest BCUT2D eigenvalue weighted by Crippen LogP contribution is 2.34. The van der Waals surface area contributed by atoms with Crippen LogP contribution in [0.4, 0.5) is 11.4 Å². The van der Waals surface area contributed by atoms with Gasteiger partial charge in [0.2, 0.25) is 0 Å². The van der Waals surface area contributed by atoms with E-state index in [2.05, 4.69) is 28.9 Å². The fourth-order valence-corrected chi connectivity index (χ4v) is 3.32. The molecule has 0 spiro atoms. The summed E-state index contributed by atoms with van der Waals surface area (Å²) in [6.45, 7) is 4.54. The molecule has 1 aliphatic rings. The molecule has 0 radical (unpaired) electrons. The molecular weight excluding hydrogens is 230 g/mol. The summed E-state index contributed by atoms with van der Waals surface area (Å²) in [6.07, 6.45) is 2.59. The van der Waals surface area contributed by atoms with E-state index in [1.165, 1.54) is 17.5 Å². The van der Waals surface area contributed by atoms with Crippen LogP contribution in [0.25, 0.3) is 10.2 Å². The first-order valence-electron chi connectivity index (χ1n) is 6.12. The molecule has 1 fully saturated rings. The highest BCUT2D eigenvalue weighted by atomic mass is 32.1. The minimum Gasteiger partial charge on any atom is -0.395 e. The highest BCUT2D eigenvalue weighted by molar-refractivity contribution is 7.16. The maximum Gasteiger partial charge on any atom is 0.106 e. The predicted molar refractivity (Wildman–Crippen MR) is 74.6 cm³/mol. The normalized spacial score (nSPS) is 21.0. The Balaban J connectivity index is 2.01. The van der Waals surface area contributed by atoms with E-state index in [0.29, 0.717) is 0 Å². The summed E-state index contributed by atoms with van der Waals surface area (Å²) in [5.41, 5.74) is 11.1. The highest BCUT2D eigenvalue weighted by Gasteiger charge is 2.19. The molecular formula is C13H17N3S. The van der Waals surface area contributed by atoms with Gasteiger partial charge < -0.3 is 10.6 Å². The number of nitrogen functional groups attached to an aromatic ring is 1. The van der Waals surface area contributed by atoms with Gasteiger partial charge in [-0.2, -0.15) is 0 Å². The lowest BCUT2D eigenvalue weighted by Crippen LogP contribution is -2.34. The Morgan fingerprint density at radius 2 is 2.35 bits per heavy atom. The van der Waals surface area contributed by atoms with Crippen LogP contribution in [-0.2, 0) is 0 Å². The number of thiazole rings is 1. The number of fused-ring (bicyclic) bond motifs is 1. The van der Waals surface area contributed by atoms with Crippen LogP contribution in [0.3, 0.4) is 0 Å². The van der Waals surface area contributed by atoms with Crippen molar-refractivity contribution < 1.29 is 0 Å². The van der Waals surface area contributed by atoms with Gasteiger partial charge in [-0.3, -0.25) is 0 Å². The van der Waals surface area contributed by atoms with E-state index in [1.54, 1.807) is 11.3 Å². The van der Waals surface area contributed by atoms with Crippen molar-refractivity contribution in [3.63, 3.8) is 0 Å². The van der Waals surface area contributed by atoms with Crippen LogP contribution in [0.5, 0.6) is 0 Å². The molecule has 3 rings (SSSR count). The van der Waals surface area contributed by atoms with Crippen LogP contribution in [0.1, 0.15) is 19.8 Å². The van der Waals surface area contributed by atoms with Crippen LogP contribution in [-0.4, -0.2) is 18.1 Å². The van der Waals surface area contributed by atoms with E-state index in [0.717, 1.165) is 35.9 Å². The van der Waals surface area contributed by atoms with Crippen molar-refractivity contribution in [1.29, 1.82) is 0 Å². The first-order valence-corrected chi connectivity index (χ1v) is 7.00. The van der Waals surface area contributed by atoms with Gasteiger partial charge in [0.15, 0.2) is 0 Å². The number of anilines is 2. The second-order valence-electron chi connectivity index (χ2n) is 4.89. The third kappa shape index (κ3) is 1.86. The van der Waals surface area contributed by atoms with Gasteiger partial charge >= 0.3 is 0 Å². The van der Waals surface area contributed by atoms with Crippen molar-refractivity contribution in [2.24, 2.45) is 5.92 Å². The summed E-state index contributed by atoms with van der Waals surface area (Å²) < 4.78 is 1.18. The Bertz CT molecular complexity index is 534. The van der Waals surface area contributed by atoms with Crippen molar-refractivity contribution in [3.8, 4) is 0 Å². The van der Waals surface area contributed by atoms with Crippen LogP contribution < -0.4 is 10.6 Å². The summed E-state index contributed by atoms with van der Waals surface area (Å²) in [5, 5.41) is 0. The maximum absolute atomic E-state index is 6.24. The molecule has 2 heterocycles. The molecule has 2 aromatic rings. The number of aromatic nitrogens is 1. The zero-order valence-corrected chi connectivity index (χ0v) is 10.8. The summed E-state index contributed by atoms with van der Waals surface area (Å²) in [6, 6.07) is 4.28. The van der Waals surface area contributed by atoms with E-state index in [1.807, 2.05) is 5.51 Å². The number of hydrogen-bond acceptors (Lipinski definition) is 4.